The van der Waals surface area contributed by atoms with Gasteiger partial charge >= 0.3 is 0 Å². The monoisotopic (exact) mass is 355 g/mol. The van der Waals surface area contributed by atoms with Crippen molar-refractivity contribution >= 4 is 29.1 Å². The van der Waals surface area contributed by atoms with E-state index in [-0.39, 0.29) is 11.4 Å². The van der Waals surface area contributed by atoms with E-state index in [1.54, 1.807) is 0 Å². The zero-order valence-electron chi connectivity index (χ0n) is 14.7. The molecule has 1 aliphatic carbocycles. The number of nitrogens with one attached hydrogen (secondary N) is 2. The minimum Gasteiger partial charge on any atom is -0.360 e. The van der Waals surface area contributed by atoms with Crippen molar-refractivity contribution < 1.29 is 4.79 Å². The predicted octanol–water partition coefficient (Wildman–Crippen LogP) is 4.76. The van der Waals surface area contributed by atoms with Gasteiger partial charge in [-0.25, -0.2) is 4.98 Å². The predicted molar refractivity (Wildman–Crippen MR) is 101 cm³/mol. The SMILES string of the molecule is Cc1c(Cl)cccc1C1(Nc2ccc3c(n2)NC(=O)C3(C)C)CCC1. The van der Waals surface area contributed by atoms with Crippen LogP contribution in [0.15, 0.2) is 30.3 Å². The van der Waals surface area contributed by atoms with Gasteiger partial charge in [-0.1, -0.05) is 29.8 Å². The van der Waals surface area contributed by atoms with Gasteiger partial charge in [0, 0.05) is 10.6 Å². The molecule has 4 nitrogen and oxygen atoms in total. The molecule has 0 unspecified atom stereocenters. The lowest BCUT2D eigenvalue weighted by molar-refractivity contribution is -0.119. The first kappa shape index (κ1) is 16.4. The third kappa shape index (κ3) is 2.43. The molecule has 0 atom stereocenters. The number of carbonyl (C=O) groups excluding carboxylic acids is 1. The Labute approximate surface area is 153 Å². The number of fused-ring (bicyclic) bond motifs is 1. The van der Waals surface area contributed by atoms with Gasteiger partial charge in [0.2, 0.25) is 5.91 Å². The van der Waals surface area contributed by atoms with Gasteiger partial charge in [0.1, 0.15) is 11.6 Å². The Morgan fingerprint density at radius 3 is 2.60 bits per heavy atom. The maximum absolute atomic E-state index is 12.1. The number of nitrogens with zero attached hydrogens (tertiary/aromatic N) is 1. The molecule has 0 saturated heterocycles. The fourth-order valence-corrected chi connectivity index (χ4v) is 4.05. The number of halogens is 1. The summed E-state index contributed by atoms with van der Waals surface area (Å²) in [4.78, 5) is 16.8. The number of anilines is 2. The molecule has 0 bridgehead atoms. The highest BCUT2D eigenvalue weighted by molar-refractivity contribution is 6.31. The normalized spacial score (nSPS) is 19.8. The second-order valence-electron chi connectivity index (χ2n) is 7.64. The van der Waals surface area contributed by atoms with E-state index in [4.69, 9.17) is 11.6 Å². The fourth-order valence-electron chi connectivity index (χ4n) is 3.88. The minimum absolute atomic E-state index is 0.00352. The van der Waals surface area contributed by atoms with Crippen molar-refractivity contribution in [3.8, 4) is 0 Å². The van der Waals surface area contributed by atoms with Crippen LogP contribution >= 0.6 is 11.6 Å². The molecular formula is C20H22ClN3O. The van der Waals surface area contributed by atoms with Crippen molar-refractivity contribution in [2.24, 2.45) is 0 Å². The Hall–Kier alpha value is -2.07. The van der Waals surface area contributed by atoms with Gasteiger partial charge in [0.25, 0.3) is 0 Å². The van der Waals surface area contributed by atoms with Crippen LogP contribution in [0.2, 0.25) is 5.02 Å². The standard InChI is InChI=1S/C20H22ClN3O/c1-12-13(6-4-7-15(12)21)20(10-5-11-20)24-16-9-8-14-17(22-16)23-18(25)19(14,2)3/h4,6-9H,5,10-11H2,1-3H3,(H2,22,23,24,25). The Morgan fingerprint density at radius 2 is 1.92 bits per heavy atom. The number of benzene rings is 1. The zero-order valence-corrected chi connectivity index (χ0v) is 15.5. The molecule has 1 aliphatic heterocycles. The molecule has 2 heterocycles. The number of hydrogen-bond donors (Lipinski definition) is 2. The summed E-state index contributed by atoms with van der Waals surface area (Å²) in [7, 11) is 0. The summed E-state index contributed by atoms with van der Waals surface area (Å²) in [5, 5.41) is 7.32. The second kappa shape index (κ2) is 5.46. The van der Waals surface area contributed by atoms with Crippen LogP contribution in [-0.2, 0) is 15.7 Å². The lowest BCUT2D eigenvalue weighted by Gasteiger charge is -2.44. The Bertz CT molecular complexity index is 871. The molecule has 1 fully saturated rings. The van der Waals surface area contributed by atoms with E-state index in [1.807, 2.05) is 38.1 Å². The molecule has 130 valence electrons. The highest BCUT2D eigenvalue weighted by Gasteiger charge is 2.42. The maximum atomic E-state index is 12.1. The molecule has 25 heavy (non-hydrogen) atoms. The molecule has 1 aromatic carbocycles. The second-order valence-corrected chi connectivity index (χ2v) is 8.05. The van der Waals surface area contributed by atoms with Gasteiger partial charge in [-0.05, 0) is 63.3 Å². The van der Waals surface area contributed by atoms with Crippen molar-refractivity contribution in [2.45, 2.75) is 51.0 Å². The Kier molecular flexibility index (Phi) is 3.58. The number of amides is 1. The van der Waals surface area contributed by atoms with Gasteiger partial charge < -0.3 is 10.6 Å². The molecule has 2 aromatic rings. The smallest absolute Gasteiger partial charge is 0.235 e. The van der Waals surface area contributed by atoms with Crippen molar-refractivity contribution in [2.75, 3.05) is 10.6 Å². The van der Waals surface area contributed by atoms with E-state index in [0.29, 0.717) is 5.82 Å². The van der Waals surface area contributed by atoms with Crippen molar-refractivity contribution in [3.63, 3.8) is 0 Å². The van der Waals surface area contributed by atoms with Crippen LogP contribution < -0.4 is 10.6 Å². The fraction of sp³-hybridized carbons (Fsp3) is 0.400. The lowest BCUT2D eigenvalue weighted by atomic mass is 9.70. The minimum atomic E-state index is -0.529. The summed E-state index contributed by atoms with van der Waals surface area (Å²) < 4.78 is 0. The summed E-state index contributed by atoms with van der Waals surface area (Å²) in [5.74, 6) is 1.45. The number of rotatable bonds is 3. The van der Waals surface area contributed by atoms with E-state index >= 15 is 0 Å². The molecule has 1 amide bonds. The van der Waals surface area contributed by atoms with Gasteiger partial charge in [-0.2, -0.15) is 0 Å². The van der Waals surface area contributed by atoms with Gasteiger partial charge in [0.05, 0.1) is 11.0 Å². The van der Waals surface area contributed by atoms with Crippen molar-refractivity contribution in [1.82, 2.24) is 4.98 Å². The van der Waals surface area contributed by atoms with E-state index in [0.717, 1.165) is 34.8 Å². The summed E-state index contributed by atoms with van der Waals surface area (Å²) in [6.45, 7) is 5.91. The molecule has 0 radical (unpaired) electrons. The van der Waals surface area contributed by atoms with E-state index in [1.165, 1.54) is 12.0 Å². The topological polar surface area (TPSA) is 54.0 Å². The highest BCUT2D eigenvalue weighted by Crippen LogP contribution is 2.46. The quantitative estimate of drug-likeness (QED) is 0.834. The maximum Gasteiger partial charge on any atom is 0.235 e. The van der Waals surface area contributed by atoms with Crippen LogP contribution in [0.3, 0.4) is 0 Å². The molecule has 0 spiro atoms. The molecule has 2 aliphatic rings. The first-order valence-electron chi connectivity index (χ1n) is 8.70. The average molecular weight is 356 g/mol. The molecule has 1 aromatic heterocycles. The summed E-state index contributed by atoms with van der Waals surface area (Å²) in [5.41, 5.74) is 2.64. The zero-order chi connectivity index (χ0) is 17.8. The first-order valence-corrected chi connectivity index (χ1v) is 9.08. The first-order chi connectivity index (χ1) is 11.8. The molecule has 4 rings (SSSR count). The summed E-state index contributed by atoms with van der Waals surface area (Å²) in [6, 6.07) is 10.1. The number of pyridine rings is 1. The third-order valence-electron chi connectivity index (χ3n) is 5.73. The molecular weight excluding hydrogens is 334 g/mol. The van der Waals surface area contributed by atoms with Crippen LogP contribution in [0.5, 0.6) is 0 Å². The van der Waals surface area contributed by atoms with E-state index in [9.17, 15) is 4.79 Å². The number of hydrogen-bond acceptors (Lipinski definition) is 3. The molecule has 5 heteroatoms. The largest absolute Gasteiger partial charge is 0.360 e. The van der Waals surface area contributed by atoms with Gasteiger partial charge in [-0.15, -0.1) is 0 Å². The van der Waals surface area contributed by atoms with Crippen molar-refractivity contribution in [3.05, 3.63) is 52.0 Å². The Morgan fingerprint density at radius 1 is 1.16 bits per heavy atom. The average Bonchev–Trinajstić information content (AvgIpc) is 2.75. The van der Waals surface area contributed by atoms with Gasteiger partial charge in [-0.3, -0.25) is 4.79 Å². The summed E-state index contributed by atoms with van der Waals surface area (Å²) >= 11 is 6.34. The van der Waals surface area contributed by atoms with Crippen LogP contribution in [0.25, 0.3) is 0 Å². The van der Waals surface area contributed by atoms with Crippen molar-refractivity contribution in [1.29, 1.82) is 0 Å². The lowest BCUT2D eigenvalue weighted by Crippen LogP contribution is -2.43. The highest BCUT2D eigenvalue weighted by atomic mass is 35.5. The molecule has 1 saturated carbocycles. The molecule has 2 N–H and O–H groups in total. The Balaban J connectivity index is 1.69. The van der Waals surface area contributed by atoms with Gasteiger partial charge in [0.15, 0.2) is 0 Å². The number of carbonyl (C=O) groups is 1. The van der Waals surface area contributed by atoms with E-state index < -0.39 is 5.41 Å². The summed E-state index contributed by atoms with van der Waals surface area (Å²) in [6.07, 6.45) is 3.27. The van der Waals surface area contributed by atoms with Crippen LogP contribution in [0.1, 0.15) is 49.8 Å². The van der Waals surface area contributed by atoms with Crippen LogP contribution in [-0.4, -0.2) is 10.9 Å². The van der Waals surface area contributed by atoms with E-state index in [2.05, 4.69) is 28.6 Å². The van der Waals surface area contributed by atoms with Crippen LogP contribution in [0.4, 0.5) is 11.6 Å². The van der Waals surface area contributed by atoms with Crippen LogP contribution in [0, 0.1) is 6.92 Å². The number of aromatic nitrogens is 1. The third-order valence-corrected chi connectivity index (χ3v) is 6.14.